The van der Waals surface area contributed by atoms with Gasteiger partial charge in [-0.15, -0.1) is 0 Å². The molecule has 3 N–H and O–H groups in total. The van der Waals surface area contributed by atoms with Crippen molar-refractivity contribution in [2.45, 2.75) is 51.0 Å². The average molecular weight is 414 g/mol. The number of hydrogen-bond acceptors (Lipinski definition) is 6. The first-order valence-electron chi connectivity index (χ1n) is 10.2. The van der Waals surface area contributed by atoms with Crippen LogP contribution in [0.25, 0.3) is 0 Å². The molecular weight excluding hydrogens is 388 g/mol. The summed E-state index contributed by atoms with van der Waals surface area (Å²) in [5, 5.41) is 8.00. The Hall–Kier alpha value is -3.23. The number of hydrogen-bond donors (Lipinski definition) is 3. The van der Waals surface area contributed by atoms with Gasteiger partial charge >= 0.3 is 0 Å². The molecule has 2 heterocycles. The number of carbonyl (C=O) groups is 5. The quantitative estimate of drug-likeness (QED) is 0.412. The van der Waals surface area contributed by atoms with Crippen molar-refractivity contribution in [2.24, 2.45) is 0 Å². The highest BCUT2D eigenvalue weighted by molar-refractivity contribution is 6.25. The van der Waals surface area contributed by atoms with Crippen LogP contribution in [0.15, 0.2) is 18.2 Å². The monoisotopic (exact) mass is 414 g/mol. The molecule has 0 bridgehead atoms. The Morgan fingerprint density at radius 1 is 1.10 bits per heavy atom. The molecule has 0 aliphatic carbocycles. The van der Waals surface area contributed by atoms with Gasteiger partial charge in [-0.05, 0) is 31.4 Å². The second kappa shape index (κ2) is 9.51. The van der Waals surface area contributed by atoms with Gasteiger partial charge in [-0.25, -0.2) is 0 Å². The highest BCUT2D eigenvalue weighted by Crippen LogP contribution is 2.32. The first-order valence-corrected chi connectivity index (χ1v) is 10.2. The van der Waals surface area contributed by atoms with Crippen LogP contribution in [-0.4, -0.2) is 54.1 Å². The van der Waals surface area contributed by atoms with E-state index < -0.39 is 29.7 Å². The third-order valence-electron chi connectivity index (χ3n) is 5.39. The zero-order chi connectivity index (χ0) is 21.7. The zero-order valence-electron chi connectivity index (χ0n) is 17.0. The molecule has 1 atom stereocenters. The molecule has 0 saturated carbocycles. The summed E-state index contributed by atoms with van der Waals surface area (Å²) in [6.07, 6.45) is 4.30. The number of imide groups is 2. The van der Waals surface area contributed by atoms with Crippen molar-refractivity contribution < 1.29 is 24.0 Å². The van der Waals surface area contributed by atoms with Gasteiger partial charge in [0.15, 0.2) is 0 Å². The molecule has 5 amide bonds. The van der Waals surface area contributed by atoms with Crippen molar-refractivity contribution >= 4 is 35.2 Å². The average Bonchev–Trinajstić information content (AvgIpc) is 2.98. The molecule has 2 aliphatic heterocycles. The summed E-state index contributed by atoms with van der Waals surface area (Å²) in [6, 6.07) is 4.04. The summed E-state index contributed by atoms with van der Waals surface area (Å²) in [5.74, 6) is -2.00. The second-order valence-corrected chi connectivity index (χ2v) is 7.44. The van der Waals surface area contributed by atoms with Crippen LogP contribution in [0.5, 0.6) is 0 Å². The van der Waals surface area contributed by atoms with Crippen molar-refractivity contribution in [3.63, 3.8) is 0 Å². The van der Waals surface area contributed by atoms with Gasteiger partial charge in [0.25, 0.3) is 11.8 Å². The molecule has 0 radical (unpaired) electrons. The molecule has 1 aromatic rings. The van der Waals surface area contributed by atoms with E-state index in [0.717, 1.165) is 30.6 Å². The Bertz CT molecular complexity index is 882. The van der Waals surface area contributed by atoms with Gasteiger partial charge in [-0.2, -0.15) is 0 Å². The lowest BCUT2D eigenvalue weighted by Gasteiger charge is -2.27. The lowest BCUT2D eigenvalue weighted by Crippen LogP contribution is -2.54. The number of amides is 5. The lowest BCUT2D eigenvalue weighted by atomic mass is 10.0. The number of benzene rings is 1. The normalized spacial score (nSPS) is 18.3. The van der Waals surface area contributed by atoms with Gasteiger partial charge in [0.1, 0.15) is 6.04 Å². The van der Waals surface area contributed by atoms with Crippen LogP contribution < -0.4 is 16.0 Å². The van der Waals surface area contributed by atoms with Crippen LogP contribution in [0.2, 0.25) is 0 Å². The van der Waals surface area contributed by atoms with E-state index in [1.54, 1.807) is 25.2 Å². The third-order valence-corrected chi connectivity index (χ3v) is 5.39. The van der Waals surface area contributed by atoms with E-state index in [4.69, 9.17) is 0 Å². The Balaban J connectivity index is 1.59. The first-order chi connectivity index (χ1) is 14.4. The number of rotatable bonds is 9. The van der Waals surface area contributed by atoms with Gasteiger partial charge in [-0.3, -0.25) is 34.2 Å². The van der Waals surface area contributed by atoms with Gasteiger partial charge < -0.3 is 10.6 Å². The van der Waals surface area contributed by atoms with Gasteiger partial charge in [-0.1, -0.05) is 18.9 Å². The third kappa shape index (κ3) is 4.50. The maximum Gasteiger partial charge on any atom is 0.264 e. The molecule has 1 fully saturated rings. The predicted molar refractivity (Wildman–Crippen MR) is 109 cm³/mol. The molecule has 30 heavy (non-hydrogen) atoms. The van der Waals surface area contributed by atoms with Crippen molar-refractivity contribution in [2.75, 3.05) is 18.9 Å². The van der Waals surface area contributed by atoms with Gasteiger partial charge in [0.05, 0.1) is 11.1 Å². The number of piperidine rings is 1. The number of fused-ring (bicyclic) bond motifs is 1. The number of anilines is 1. The van der Waals surface area contributed by atoms with E-state index in [-0.39, 0.29) is 29.9 Å². The zero-order valence-corrected chi connectivity index (χ0v) is 17.0. The number of unbranched alkanes of at least 4 members (excludes halogenated alkanes) is 3. The molecule has 1 aromatic carbocycles. The molecule has 2 aliphatic rings. The molecule has 0 aromatic heterocycles. The fourth-order valence-corrected chi connectivity index (χ4v) is 3.77. The van der Waals surface area contributed by atoms with Crippen LogP contribution in [0, 0.1) is 0 Å². The van der Waals surface area contributed by atoms with E-state index in [0.29, 0.717) is 18.7 Å². The lowest BCUT2D eigenvalue weighted by molar-refractivity contribution is -0.136. The Labute approximate surface area is 174 Å². The summed E-state index contributed by atoms with van der Waals surface area (Å²) >= 11 is 0. The maximum atomic E-state index is 13.0. The molecule has 1 saturated heterocycles. The molecule has 160 valence electrons. The minimum Gasteiger partial charge on any atom is -0.384 e. The fraction of sp³-hybridized carbons (Fsp3) is 0.476. The summed E-state index contributed by atoms with van der Waals surface area (Å²) in [4.78, 5) is 61.5. The fourth-order valence-electron chi connectivity index (χ4n) is 3.77. The van der Waals surface area contributed by atoms with Gasteiger partial charge in [0, 0.05) is 32.1 Å². The van der Waals surface area contributed by atoms with Crippen LogP contribution in [0.4, 0.5) is 5.69 Å². The van der Waals surface area contributed by atoms with Crippen molar-refractivity contribution in [1.29, 1.82) is 0 Å². The molecule has 1 unspecified atom stereocenters. The second-order valence-electron chi connectivity index (χ2n) is 7.44. The van der Waals surface area contributed by atoms with Crippen LogP contribution in [0.1, 0.15) is 65.7 Å². The molecule has 9 heteroatoms. The topological polar surface area (TPSA) is 125 Å². The summed E-state index contributed by atoms with van der Waals surface area (Å²) in [7, 11) is 1.62. The summed E-state index contributed by atoms with van der Waals surface area (Å²) in [6.45, 7) is 0.621. The van der Waals surface area contributed by atoms with Crippen molar-refractivity contribution in [1.82, 2.24) is 15.5 Å². The van der Waals surface area contributed by atoms with Crippen LogP contribution >= 0.6 is 0 Å². The van der Waals surface area contributed by atoms with E-state index in [9.17, 15) is 24.0 Å². The number of carbonyl (C=O) groups excluding carboxylic acids is 5. The van der Waals surface area contributed by atoms with Crippen molar-refractivity contribution in [3.05, 3.63) is 29.3 Å². The first kappa shape index (κ1) is 21.5. The minimum atomic E-state index is -0.969. The number of nitrogens with one attached hydrogen (secondary N) is 3. The Morgan fingerprint density at radius 2 is 1.87 bits per heavy atom. The standard InChI is InChI=1S/C21H26N4O5/c1-22-16(26)9-4-2-3-5-12-23-14-8-6-7-13-18(14)21(30)25(20(13)29)15-10-11-17(27)24-19(15)28/h6-8,15,23H,2-5,9-12H2,1H3,(H,22,26)(H,24,27,28). The predicted octanol–water partition coefficient (Wildman–Crippen LogP) is 1.20. The molecule has 0 spiro atoms. The molecule has 3 rings (SSSR count). The van der Waals surface area contributed by atoms with Gasteiger partial charge in [0.2, 0.25) is 17.7 Å². The number of nitrogens with zero attached hydrogens (tertiary/aromatic N) is 1. The minimum absolute atomic E-state index is 0.0386. The summed E-state index contributed by atoms with van der Waals surface area (Å²) < 4.78 is 0. The van der Waals surface area contributed by atoms with E-state index in [1.807, 2.05) is 0 Å². The van der Waals surface area contributed by atoms with E-state index in [2.05, 4.69) is 16.0 Å². The van der Waals surface area contributed by atoms with Crippen LogP contribution in [-0.2, 0) is 14.4 Å². The molecule has 9 nitrogen and oxygen atoms in total. The SMILES string of the molecule is CNC(=O)CCCCCCNc1cccc2c1C(=O)N(C1CCC(=O)NC1=O)C2=O. The Kier molecular flexibility index (Phi) is 6.81. The summed E-state index contributed by atoms with van der Waals surface area (Å²) in [5.41, 5.74) is 1.10. The van der Waals surface area contributed by atoms with Crippen LogP contribution in [0.3, 0.4) is 0 Å². The highest BCUT2D eigenvalue weighted by Gasteiger charge is 2.45. The van der Waals surface area contributed by atoms with E-state index in [1.165, 1.54) is 0 Å². The van der Waals surface area contributed by atoms with Crippen molar-refractivity contribution in [3.8, 4) is 0 Å². The smallest absolute Gasteiger partial charge is 0.264 e. The van der Waals surface area contributed by atoms with E-state index >= 15 is 0 Å². The highest BCUT2D eigenvalue weighted by atomic mass is 16.2. The maximum absolute atomic E-state index is 13.0. The molecular formula is C21H26N4O5. The Morgan fingerprint density at radius 3 is 2.60 bits per heavy atom. The largest absolute Gasteiger partial charge is 0.384 e.